The van der Waals surface area contributed by atoms with Crippen molar-refractivity contribution in [3.63, 3.8) is 0 Å². The standard InChI is InChI=1S/C34H36N6O3.C6H13N.CH2O/c1-37-15-17-40(21-26(41)12-14-35)33-29-13-16-39(22-31(29)30(20-36)34(38-33)42-2)32-19-27(18-25-10-6-7-11-28(25)32)43-23-24-8-4-3-5-9-24;1-6-4-3-5-7(6)2;1-2/h3-11,18-19,26,37,41H,12-13,15-17,21-23H2,1-2H3;6H,3-5H2,1-2H3;1H2/t;6-;/m.1./s1. The Hall–Kier alpha value is -5.20. The average Bonchev–Trinajstić information content (AvgIpc) is 3.57. The Bertz CT molecular complexity index is 1820. The lowest BCUT2D eigenvalue weighted by Crippen LogP contribution is -2.40. The van der Waals surface area contributed by atoms with Crippen LogP contribution < -0.4 is 24.6 Å². The third-order valence-corrected chi connectivity index (χ3v) is 9.62. The minimum absolute atomic E-state index is 0.0230. The van der Waals surface area contributed by atoms with Crippen molar-refractivity contribution < 1.29 is 19.4 Å². The van der Waals surface area contributed by atoms with Gasteiger partial charge in [-0.2, -0.15) is 15.5 Å². The molecule has 4 aromatic rings. The molecule has 2 N–H and O–H groups in total. The number of carbonyl (C=O) groups excluding carboxylic acids is 1. The van der Waals surface area contributed by atoms with Crippen LogP contribution in [0.3, 0.4) is 0 Å². The number of nitrogens with zero attached hydrogens (tertiary/aromatic N) is 6. The largest absolute Gasteiger partial charge is 0.489 e. The van der Waals surface area contributed by atoms with Gasteiger partial charge in [-0.3, -0.25) is 0 Å². The number of hydrogen-bond donors (Lipinski definition) is 2. The van der Waals surface area contributed by atoms with E-state index in [4.69, 9.17) is 24.5 Å². The number of aromatic nitrogens is 1. The Balaban J connectivity index is 0.000000594. The van der Waals surface area contributed by atoms with Crippen LogP contribution in [0.4, 0.5) is 11.5 Å². The van der Waals surface area contributed by atoms with Crippen LogP contribution in [-0.2, 0) is 24.4 Å². The molecule has 2 atom stereocenters. The maximum atomic E-state index is 10.5. The molecule has 0 aliphatic carbocycles. The second kappa shape index (κ2) is 20.0. The smallest absolute Gasteiger partial charge is 0.233 e. The number of aliphatic hydroxyl groups excluding tert-OH is 1. The Morgan fingerprint density at radius 3 is 2.48 bits per heavy atom. The number of carbonyl (C=O) groups is 1. The van der Waals surface area contributed by atoms with Crippen LogP contribution >= 0.6 is 0 Å². The molecule has 52 heavy (non-hydrogen) atoms. The van der Waals surface area contributed by atoms with E-state index in [1.54, 1.807) is 0 Å². The van der Waals surface area contributed by atoms with Crippen LogP contribution in [0.1, 0.15) is 48.4 Å². The van der Waals surface area contributed by atoms with E-state index >= 15 is 0 Å². The highest BCUT2D eigenvalue weighted by atomic mass is 16.5. The molecule has 1 fully saturated rings. The highest BCUT2D eigenvalue weighted by molar-refractivity contribution is 5.96. The number of benzene rings is 3. The highest BCUT2D eigenvalue weighted by Crippen LogP contribution is 2.39. The van der Waals surface area contributed by atoms with Gasteiger partial charge in [-0.05, 0) is 63.8 Å². The molecule has 0 bridgehead atoms. The van der Waals surface area contributed by atoms with Gasteiger partial charge in [-0.25, -0.2) is 0 Å². The van der Waals surface area contributed by atoms with Gasteiger partial charge in [-0.15, -0.1) is 0 Å². The number of aliphatic hydroxyl groups is 1. The predicted molar refractivity (Wildman–Crippen MR) is 206 cm³/mol. The first-order valence-electron chi connectivity index (χ1n) is 17.7. The first kappa shape index (κ1) is 39.6. The van der Waals surface area contributed by atoms with Gasteiger partial charge < -0.3 is 39.4 Å². The second-order valence-corrected chi connectivity index (χ2v) is 13.0. The summed E-state index contributed by atoms with van der Waals surface area (Å²) in [7, 11) is 5.58. The van der Waals surface area contributed by atoms with Gasteiger partial charge in [0.1, 0.15) is 36.6 Å². The number of nitrogens with one attached hydrogen (secondary N) is 1. The summed E-state index contributed by atoms with van der Waals surface area (Å²) in [6, 6.07) is 27.7. The number of anilines is 2. The molecule has 1 unspecified atom stereocenters. The molecule has 274 valence electrons. The quantitative estimate of drug-likeness (QED) is 0.194. The van der Waals surface area contributed by atoms with Gasteiger partial charge >= 0.3 is 0 Å². The molecule has 0 radical (unpaired) electrons. The van der Waals surface area contributed by atoms with Crippen molar-refractivity contribution in [1.82, 2.24) is 15.2 Å². The Kier molecular flexibility index (Phi) is 15.2. The molecule has 1 saturated heterocycles. The monoisotopic (exact) mass is 705 g/mol. The predicted octanol–water partition coefficient (Wildman–Crippen LogP) is 5.47. The zero-order valence-corrected chi connectivity index (χ0v) is 30.8. The van der Waals surface area contributed by atoms with E-state index < -0.39 is 6.10 Å². The summed E-state index contributed by atoms with van der Waals surface area (Å²) in [4.78, 5) is 19.5. The summed E-state index contributed by atoms with van der Waals surface area (Å²) in [5.41, 5.74) is 4.37. The molecule has 11 heteroatoms. The topological polar surface area (TPSA) is 138 Å². The maximum absolute atomic E-state index is 10.5. The lowest BCUT2D eigenvalue weighted by atomic mass is 9.94. The summed E-state index contributed by atoms with van der Waals surface area (Å²) >= 11 is 0. The van der Waals surface area contributed by atoms with Crippen LogP contribution in [0.25, 0.3) is 10.8 Å². The molecule has 2 aliphatic heterocycles. The van der Waals surface area contributed by atoms with Crippen molar-refractivity contribution in [3.05, 3.63) is 89.0 Å². The molecule has 0 spiro atoms. The summed E-state index contributed by atoms with van der Waals surface area (Å²) in [6.45, 7) is 8.72. The molecule has 2 aliphatic rings. The van der Waals surface area contributed by atoms with Gasteiger partial charge in [0.15, 0.2) is 0 Å². The third-order valence-electron chi connectivity index (χ3n) is 9.62. The van der Waals surface area contributed by atoms with Gasteiger partial charge in [-0.1, -0.05) is 54.6 Å². The van der Waals surface area contributed by atoms with Crippen molar-refractivity contribution in [1.29, 1.82) is 10.5 Å². The van der Waals surface area contributed by atoms with Crippen LogP contribution in [0.15, 0.2) is 66.7 Å². The Morgan fingerprint density at radius 1 is 1.10 bits per heavy atom. The number of likely N-dealkylation sites (N-methyl/N-ethyl adjacent to an activating group) is 1. The molecular formula is C41H51N7O4. The van der Waals surface area contributed by atoms with Gasteiger partial charge in [0.25, 0.3) is 0 Å². The summed E-state index contributed by atoms with van der Waals surface area (Å²) in [6.07, 6.45) is 2.64. The zero-order valence-electron chi connectivity index (χ0n) is 30.8. The summed E-state index contributed by atoms with van der Waals surface area (Å²) < 4.78 is 11.9. The van der Waals surface area contributed by atoms with E-state index in [-0.39, 0.29) is 18.8 Å². The van der Waals surface area contributed by atoms with E-state index in [9.17, 15) is 10.4 Å². The van der Waals surface area contributed by atoms with Crippen molar-refractivity contribution in [2.75, 3.05) is 63.7 Å². The number of ether oxygens (including phenoxy) is 2. The molecule has 0 amide bonds. The zero-order chi connectivity index (χ0) is 37.5. The molecule has 1 aromatic heterocycles. The number of likely N-dealkylation sites (tertiary alicyclic amines) is 1. The van der Waals surface area contributed by atoms with E-state index in [2.05, 4.69) is 59.4 Å². The van der Waals surface area contributed by atoms with E-state index in [1.165, 1.54) is 26.5 Å². The van der Waals surface area contributed by atoms with Gasteiger partial charge in [0.2, 0.25) is 5.88 Å². The maximum Gasteiger partial charge on any atom is 0.233 e. The molecular weight excluding hydrogens is 654 g/mol. The van der Waals surface area contributed by atoms with Crippen molar-refractivity contribution in [2.45, 2.75) is 57.9 Å². The lowest BCUT2D eigenvalue weighted by molar-refractivity contribution is -0.0980. The normalized spacial score (nSPS) is 15.5. The summed E-state index contributed by atoms with van der Waals surface area (Å²) in [5, 5.41) is 35.2. The van der Waals surface area contributed by atoms with Crippen LogP contribution in [0.5, 0.6) is 11.6 Å². The number of methoxy groups -OCH3 is 1. The fraction of sp³-hybridized carbons (Fsp3) is 0.415. The second-order valence-electron chi connectivity index (χ2n) is 13.0. The van der Waals surface area contributed by atoms with Gasteiger partial charge in [0.05, 0.1) is 25.7 Å². The first-order chi connectivity index (χ1) is 25.4. The number of fused-ring (bicyclic) bond motifs is 2. The molecule has 6 rings (SSSR count). The van der Waals surface area contributed by atoms with Crippen molar-refractivity contribution >= 4 is 29.1 Å². The fourth-order valence-corrected chi connectivity index (χ4v) is 6.70. The SMILES string of the molecule is C=O.CNCCN(CC(O)CC#N)c1nc(OC)c(C#N)c2c1CCN(c1cc(OCc3ccccc3)cc3ccccc13)C2.C[C@@H]1CCCN1C. The molecule has 3 aromatic carbocycles. The third kappa shape index (κ3) is 9.98. The number of rotatable bonds is 12. The van der Waals surface area contributed by atoms with Crippen LogP contribution in [-0.4, -0.2) is 87.9 Å². The van der Waals surface area contributed by atoms with E-state index in [1.807, 2.05) is 67.3 Å². The highest BCUT2D eigenvalue weighted by Gasteiger charge is 2.30. The number of pyridine rings is 1. The van der Waals surface area contributed by atoms with Crippen molar-refractivity contribution in [2.24, 2.45) is 0 Å². The Labute approximate surface area is 308 Å². The Morgan fingerprint density at radius 2 is 1.85 bits per heavy atom. The lowest BCUT2D eigenvalue weighted by Gasteiger charge is -2.36. The first-order valence-corrected chi connectivity index (χ1v) is 17.7. The van der Waals surface area contributed by atoms with Crippen LogP contribution in [0, 0.1) is 22.7 Å². The van der Waals surface area contributed by atoms with E-state index in [0.717, 1.165) is 44.9 Å². The summed E-state index contributed by atoms with van der Waals surface area (Å²) in [5.74, 6) is 1.72. The fourth-order valence-electron chi connectivity index (χ4n) is 6.70. The van der Waals surface area contributed by atoms with Crippen molar-refractivity contribution in [3.8, 4) is 23.8 Å². The molecule has 11 nitrogen and oxygen atoms in total. The molecule has 3 heterocycles. The minimum atomic E-state index is -0.828. The van der Waals surface area contributed by atoms with Gasteiger partial charge in [0, 0.05) is 67.0 Å². The average molecular weight is 706 g/mol. The van der Waals surface area contributed by atoms with Crippen LogP contribution in [0.2, 0.25) is 0 Å². The minimum Gasteiger partial charge on any atom is -0.489 e. The molecule has 0 saturated carbocycles. The van der Waals surface area contributed by atoms with E-state index in [0.29, 0.717) is 50.6 Å². The number of hydrogen-bond acceptors (Lipinski definition) is 11. The number of nitriles is 2.